The maximum Gasteiger partial charge on any atom is 0.317 e. The quantitative estimate of drug-likeness (QED) is 0.250. The van der Waals surface area contributed by atoms with Gasteiger partial charge in [-0.1, -0.05) is 35.2 Å². The molecule has 0 bridgehead atoms. The van der Waals surface area contributed by atoms with E-state index in [1.165, 1.54) is 7.11 Å². The van der Waals surface area contributed by atoms with Gasteiger partial charge in [-0.3, -0.25) is 4.79 Å². The van der Waals surface area contributed by atoms with Gasteiger partial charge in [0.1, 0.15) is 6.42 Å². The molecule has 0 aliphatic carbocycles. The Morgan fingerprint density at radius 1 is 1.56 bits per heavy atom. The minimum absolute atomic E-state index is 0.0150. The first-order chi connectivity index (χ1) is 7.77. The number of esters is 1. The summed E-state index contributed by atoms with van der Waals surface area (Å²) in [6, 6.07) is 6.89. The van der Waals surface area contributed by atoms with Crippen molar-refractivity contribution in [2.24, 2.45) is 5.11 Å². The third-order valence-electron chi connectivity index (χ3n) is 1.74. The fourth-order valence-corrected chi connectivity index (χ4v) is 0.998. The van der Waals surface area contributed by atoms with E-state index in [9.17, 15) is 4.79 Å². The fourth-order valence-electron chi connectivity index (χ4n) is 0.998. The lowest BCUT2D eigenvalue weighted by Crippen LogP contribution is -1.96. The van der Waals surface area contributed by atoms with E-state index in [4.69, 9.17) is 5.53 Å². The molecule has 0 heterocycles. The van der Waals surface area contributed by atoms with Gasteiger partial charge in [0.05, 0.1) is 12.8 Å². The lowest BCUT2D eigenvalue weighted by Gasteiger charge is -1.94. The molecule has 80 valence electrons. The fraction of sp³-hybridized carbons (Fsp3) is 0.182. The van der Waals surface area contributed by atoms with Crippen molar-refractivity contribution in [3.63, 3.8) is 0 Å². The number of rotatable bonds is 2. The molecule has 0 N–H and O–H groups in total. The molecular formula is C11H9N3O2. The van der Waals surface area contributed by atoms with Crippen LogP contribution in [-0.4, -0.2) is 13.1 Å². The van der Waals surface area contributed by atoms with Crippen LogP contribution in [0.1, 0.15) is 12.0 Å². The van der Waals surface area contributed by atoms with Gasteiger partial charge in [-0.25, -0.2) is 0 Å². The summed E-state index contributed by atoms with van der Waals surface area (Å²) in [5, 5.41) is 3.49. The lowest BCUT2D eigenvalue weighted by molar-refractivity contribution is -0.139. The minimum Gasteiger partial charge on any atom is -0.468 e. The van der Waals surface area contributed by atoms with Gasteiger partial charge >= 0.3 is 5.97 Å². The molecule has 0 fully saturated rings. The standard InChI is InChI=1S/C11H9N3O2/c1-16-11(15)8-4-6-9-5-2-3-7-10(9)13-14-12/h2-3,5,7H,8H2,1H3. The largest absolute Gasteiger partial charge is 0.468 e. The van der Waals surface area contributed by atoms with Gasteiger partial charge in [0, 0.05) is 10.5 Å². The van der Waals surface area contributed by atoms with Crippen molar-refractivity contribution in [3.05, 3.63) is 40.3 Å². The van der Waals surface area contributed by atoms with Gasteiger partial charge in [0.25, 0.3) is 0 Å². The molecule has 0 spiro atoms. The topological polar surface area (TPSA) is 75.1 Å². The molecule has 1 aromatic carbocycles. The Bertz CT molecular complexity index is 493. The number of carbonyl (C=O) groups excluding carboxylic acids is 1. The Morgan fingerprint density at radius 3 is 3.00 bits per heavy atom. The molecule has 16 heavy (non-hydrogen) atoms. The van der Waals surface area contributed by atoms with Gasteiger partial charge in [-0.15, -0.1) is 0 Å². The van der Waals surface area contributed by atoms with Crippen LogP contribution in [0.4, 0.5) is 5.69 Å². The summed E-state index contributed by atoms with van der Waals surface area (Å²) in [4.78, 5) is 13.5. The molecule has 0 radical (unpaired) electrons. The molecule has 0 saturated carbocycles. The molecule has 1 rings (SSSR count). The van der Waals surface area contributed by atoms with Crippen molar-refractivity contribution >= 4 is 11.7 Å². The monoisotopic (exact) mass is 215 g/mol. The lowest BCUT2D eigenvalue weighted by atomic mass is 10.2. The number of ether oxygens (including phenoxy) is 1. The summed E-state index contributed by atoms with van der Waals surface area (Å²) in [6.07, 6.45) is 0.0150. The van der Waals surface area contributed by atoms with Gasteiger partial charge in [0.15, 0.2) is 0 Å². The molecule has 5 nitrogen and oxygen atoms in total. The average molecular weight is 215 g/mol. The highest BCUT2D eigenvalue weighted by Gasteiger charge is 1.96. The molecule has 0 aromatic heterocycles. The second-order valence-electron chi connectivity index (χ2n) is 2.76. The highest BCUT2D eigenvalue weighted by molar-refractivity contribution is 5.72. The number of azide groups is 1. The zero-order chi connectivity index (χ0) is 11.8. The second kappa shape index (κ2) is 6.12. The van der Waals surface area contributed by atoms with Gasteiger partial charge in [-0.2, -0.15) is 0 Å². The molecule has 0 unspecified atom stereocenters. The predicted molar refractivity (Wildman–Crippen MR) is 58.8 cm³/mol. The maximum atomic E-state index is 10.8. The molecule has 1 aromatic rings. The van der Waals surface area contributed by atoms with E-state index < -0.39 is 5.97 Å². The summed E-state index contributed by atoms with van der Waals surface area (Å²) in [5.74, 6) is 5.00. The number of hydrogen-bond donors (Lipinski definition) is 0. The van der Waals surface area contributed by atoms with Crippen molar-refractivity contribution < 1.29 is 9.53 Å². The molecule has 0 aliphatic heterocycles. The molecule has 0 atom stereocenters. The number of nitrogens with zero attached hydrogens (tertiary/aromatic N) is 3. The van der Waals surface area contributed by atoms with Crippen molar-refractivity contribution in [3.8, 4) is 11.8 Å². The van der Waals surface area contributed by atoms with Crippen molar-refractivity contribution in [1.29, 1.82) is 0 Å². The SMILES string of the molecule is COC(=O)CC#Cc1ccccc1N=[N+]=[N-]. The van der Waals surface area contributed by atoms with Crippen LogP contribution in [-0.2, 0) is 9.53 Å². The van der Waals surface area contributed by atoms with Crippen LogP contribution in [0.3, 0.4) is 0 Å². The van der Waals surface area contributed by atoms with Crippen LogP contribution in [0.5, 0.6) is 0 Å². The van der Waals surface area contributed by atoms with E-state index >= 15 is 0 Å². The van der Waals surface area contributed by atoms with E-state index in [1.807, 2.05) is 0 Å². The third kappa shape index (κ3) is 3.37. The summed E-state index contributed by atoms with van der Waals surface area (Å²) in [5.41, 5.74) is 9.37. The van der Waals surface area contributed by atoms with Gasteiger partial charge in [-0.05, 0) is 11.6 Å². The van der Waals surface area contributed by atoms with E-state index in [1.54, 1.807) is 24.3 Å². The number of hydrogen-bond acceptors (Lipinski definition) is 3. The number of carbonyl (C=O) groups is 1. The van der Waals surface area contributed by atoms with Crippen LogP contribution < -0.4 is 0 Å². The van der Waals surface area contributed by atoms with E-state index in [0.29, 0.717) is 11.3 Å². The Morgan fingerprint density at radius 2 is 2.31 bits per heavy atom. The van der Waals surface area contributed by atoms with Crippen LogP contribution >= 0.6 is 0 Å². The Balaban J connectivity index is 2.87. The Hall–Kier alpha value is -2.44. The number of methoxy groups -OCH3 is 1. The van der Waals surface area contributed by atoms with Crippen LogP contribution in [0.15, 0.2) is 29.4 Å². The van der Waals surface area contributed by atoms with Crippen LogP contribution in [0.2, 0.25) is 0 Å². The van der Waals surface area contributed by atoms with Crippen LogP contribution in [0, 0.1) is 11.8 Å². The molecule has 5 heteroatoms. The zero-order valence-electron chi connectivity index (χ0n) is 8.67. The first-order valence-corrected chi connectivity index (χ1v) is 4.47. The molecule has 0 amide bonds. The minimum atomic E-state index is -0.395. The van der Waals surface area contributed by atoms with Crippen molar-refractivity contribution in [2.75, 3.05) is 7.11 Å². The van der Waals surface area contributed by atoms with Crippen molar-refractivity contribution in [2.45, 2.75) is 6.42 Å². The average Bonchev–Trinajstić information content (AvgIpc) is 2.31. The highest BCUT2D eigenvalue weighted by atomic mass is 16.5. The summed E-state index contributed by atoms with van der Waals surface area (Å²) < 4.78 is 4.44. The maximum absolute atomic E-state index is 10.8. The Kier molecular flexibility index (Phi) is 4.45. The highest BCUT2D eigenvalue weighted by Crippen LogP contribution is 2.17. The first kappa shape index (κ1) is 11.6. The summed E-state index contributed by atoms with van der Waals surface area (Å²) >= 11 is 0. The molecule has 0 aliphatic rings. The van der Waals surface area contributed by atoms with Gasteiger partial charge < -0.3 is 4.74 Å². The number of benzene rings is 1. The predicted octanol–water partition coefficient (Wildman–Crippen LogP) is 2.54. The molecule has 0 saturated heterocycles. The summed E-state index contributed by atoms with van der Waals surface area (Å²) in [6.45, 7) is 0. The van der Waals surface area contributed by atoms with E-state index in [-0.39, 0.29) is 6.42 Å². The normalized spacial score (nSPS) is 8.31. The molecular weight excluding hydrogens is 206 g/mol. The van der Waals surface area contributed by atoms with Gasteiger partial charge in [0.2, 0.25) is 0 Å². The van der Waals surface area contributed by atoms with E-state index in [2.05, 4.69) is 26.6 Å². The Labute approximate surface area is 92.7 Å². The zero-order valence-corrected chi connectivity index (χ0v) is 8.67. The second-order valence-corrected chi connectivity index (χ2v) is 2.76. The first-order valence-electron chi connectivity index (χ1n) is 4.47. The third-order valence-corrected chi connectivity index (χ3v) is 1.74. The van der Waals surface area contributed by atoms with Crippen LogP contribution in [0.25, 0.3) is 10.4 Å². The summed E-state index contributed by atoms with van der Waals surface area (Å²) in [7, 11) is 1.30. The van der Waals surface area contributed by atoms with E-state index in [0.717, 1.165) is 0 Å². The van der Waals surface area contributed by atoms with Crippen molar-refractivity contribution in [1.82, 2.24) is 0 Å². The smallest absolute Gasteiger partial charge is 0.317 e.